The van der Waals surface area contributed by atoms with Crippen LogP contribution >= 0.6 is 11.6 Å². The zero-order valence-electron chi connectivity index (χ0n) is 10.2. The van der Waals surface area contributed by atoms with Gasteiger partial charge in [0.15, 0.2) is 12.1 Å². The van der Waals surface area contributed by atoms with Crippen molar-refractivity contribution in [2.24, 2.45) is 0 Å². The van der Waals surface area contributed by atoms with Gasteiger partial charge in [0.1, 0.15) is 0 Å². The summed E-state index contributed by atoms with van der Waals surface area (Å²) in [6.45, 7) is 0.302. The maximum Gasteiger partial charge on any atom is 0.338 e. The fourth-order valence-corrected chi connectivity index (χ4v) is 1.15. The van der Waals surface area contributed by atoms with E-state index < -0.39 is 5.97 Å². The molecular weight excluding hydrogens is 244 g/mol. The van der Waals surface area contributed by atoms with Gasteiger partial charge in [-0.3, -0.25) is 0 Å². The fraction of sp³-hybridized carbons (Fsp3) is 0.545. The van der Waals surface area contributed by atoms with Gasteiger partial charge in [0.25, 0.3) is 0 Å². The van der Waals surface area contributed by atoms with Crippen LogP contribution in [0.5, 0.6) is 0 Å². The molecule has 0 saturated carbocycles. The third kappa shape index (κ3) is 4.38. The van der Waals surface area contributed by atoms with Gasteiger partial charge in [0.05, 0.1) is 26.7 Å². The highest BCUT2D eigenvalue weighted by molar-refractivity contribution is 6.19. The van der Waals surface area contributed by atoms with Gasteiger partial charge >= 0.3 is 5.97 Å². The van der Waals surface area contributed by atoms with Crippen molar-refractivity contribution in [3.8, 4) is 0 Å². The molecule has 0 aromatic carbocycles. The van der Waals surface area contributed by atoms with Crippen LogP contribution in [0.2, 0.25) is 0 Å². The summed E-state index contributed by atoms with van der Waals surface area (Å²) < 4.78 is 5.58. The van der Waals surface area contributed by atoms with Crippen LogP contribution in [-0.2, 0) is 9.53 Å². The number of ether oxygens (including phenoxy) is 1. The Labute approximate surface area is 106 Å². The van der Waals surface area contributed by atoms with Gasteiger partial charge in [-0.15, -0.1) is 0 Å². The lowest BCUT2D eigenvalue weighted by atomic mass is 10.2. The summed E-state index contributed by atoms with van der Waals surface area (Å²) in [5.74, 6) is -0.451. The topological polar surface area (TPSA) is 52.6 Å². The summed E-state index contributed by atoms with van der Waals surface area (Å²) in [4.78, 5) is 11.6. The van der Waals surface area contributed by atoms with E-state index in [-0.39, 0.29) is 18.7 Å². The highest BCUT2D eigenvalue weighted by atomic mass is 35.5. The Kier molecular flexibility index (Phi) is 4.56. The minimum atomic E-state index is -0.451. The number of nitrogens with zero attached hydrogens (tertiary/aromatic N) is 2. The number of carbonyl (C=O) groups excluding carboxylic acids is 1. The predicted molar refractivity (Wildman–Crippen MR) is 65.9 cm³/mol. The maximum absolute atomic E-state index is 11.6. The first-order valence-corrected chi connectivity index (χ1v) is 5.69. The molecule has 6 heteroatoms. The van der Waals surface area contributed by atoms with Crippen LogP contribution in [0.3, 0.4) is 0 Å². The Bertz CT molecular complexity index is 347. The molecule has 1 rings (SSSR count). The van der Waals surface area contributed by atoms with E-state index >= 15 is 0 Å². The van der Waals surface area contributed by atoms with E-state index in [1.165, 1.54) is 18.4 Å². The summed E-state index contributed by atoms with van der Waals surface area (Å²) in [5.41, 5.74) is 0.0884. The molecule has 0 amide bonds. The first-order chi connectivity index (χ1) is 7.80. The predicted octanol–water partition coefficient (Wildman–Crippen LogP) is 1.05. The molecule has 0 spiro atoms. The van der Waals surface area contributed by atoms with Crippen molar-refractivity contribution < 1.29 is 14.0 Å². The molecule has 96 valence electrons. The largest absolute Gasteiger partial charge is 0.758 e. The molecule has 0 aliphatic carbocycles. The van der Waals surface area contributed by atoms with E-state index in [4.69, 9.17) is 16.3 Å². The molecule has 1 unspecified atom stereocenters. The Morgan fingerprint density at radius 3 is 2.76 bits per heavy atom. The Hall–Kier alpha value is -1.04. The van der Waals surface area contributed by atoms with Crippen LogP contribution in [-0.4, -0.2) is 55.3 Å². The highest BCUT2D eigenvalue weighted by Crippen LogP contribution is 2.11. The maximum atomic E-state index is 11.6. The molecule has 1 aliphatic heterocycles. The molecule has 0 N–H and O–H groups in total. The molecule has 0 aromatic rings. The number of esters is 1. The van der Waals surface area contributed by atoms with Crippen LogP contribution in [0.15, 0.2) is 23.9 Å². The second kappa shape index (κ2) is 5.53. The number of rotatable bonds is 4. The summed E-state index contributed by atoms with van der Waals surface area (Å²) in [6, 6.07) is 0. The average Bonchev–Trinajstić information content (AvgIpc) is 2.25. The van der Waals surface area contributed by atoms with Gasteiger partial charge in [-0.1, -0.05) is 17.7 Å². The average molecular weight is 261 g/mol. The van der Waals surface area contributed by atoms with Gasteiger partial charge in [-0.2, -0.15) is 0 Å². The van der Waals surface area contributed by atoms with Crippen molar-refractivity contribution in [2.45, 2.75) is 5.50 Å². The Morgan fingerprint density at radius 1 is 1.65 bits per heavy atom. The molecule has 1 heterocycles. The van der Waals surface area contributed by atoms with Gasteiger partial charge in [-0.05, 0) is 12.3 Å². The molecule has 0 saturated heterocycles. The smallest absolute Gasteiger partial charge is 0.338 e. The van der Waals surface area contributed by atoms with Crippen molar-refractivity contribution in [3.63, 3.8) is 0 Å². The minimum absolute atomic E-state index is 0.135. The Balaban J connectivity index is 2.44. The number of hydroxylamine groups is 2. The van der Waals surface area contributed by atoms with Crippen molar-refractivity contribution in [3.05, 3.63) is 29.1 Å². The molecule has 5 nitrogen and oxygen atoms in total. The summed E-state index contributed by atoms with van der Waals surface area (Å²) in [5, 5.41) is 11.6. The SMILES string of the molecule is C[N+](C)(C)C(Cl)COC(=O)C1=CCN([O-])C=C1. The third-order valence-electron chi connectivity index (χ3n) is 2.34. The molecule has 0 radical (unpaired) electrons. The summed E-state index contributed by atoms with van der Waals surface area (Å²) in [6.07, 6.45) is 4.27. The van der Waals surface area contributed by atoms with Crippen molar-refractivity contribution in [2.75, 3.05) is 34.3 Å². The number of hydrogen-bond acceptors (Lipinski definition) is 4. The van der Waals surface area contributed by atoms with Crippen molar-refractivity contribution in [1.82, 2.24) is 5.06 Å². The first kappa shape index (κ1) is 14.0. The van der Waals surface area contributed by atoms with Crippen LogP contribution in [0.4, 0.5) is 0 Å². The number of halogens is 1. The van der Waals surface area contributed by atoms with E-state index in [1.54, 1.807) is 0 Å². The molecule has 0 bridgehead atoms. The molecule has 0 aromatic heterocycles. The third-order valence-corrected chi connectivity index (χ3v) is 3.05. The van der Waals surface area contributed by atoms with Crippen LogP contribution in [0.25, 0.3) is 0 Å². The highest BCUT2D eigenvalue weighted by Gasteiger charge is 2.23. The molecule has 1 atom stereocenters. The molecular formula is C11H17ClN2O3. The number of quaternary nitrogens is 1. The molecule has 0 fully saturated rings. The van der Waals surface area contributed by atoms with Crippen LogP contribution < -0.4 is 0 Å². The normalized spacial score (nSPS) is 17.7. The van der Waals surface area contributed by atoms with Gasteiger partial charge < -0.3 is 19.5 Å². The van der Waals surface area contributed by atoms with Crippen molar-refractivity contribution >= 4 is 17.6 Å². The van der Waals surface area contributed by atoms with E-state index in [0.29, 0.717) is 10.1 Å². The quantitative estimate of drug-likeness (QED) is 0.328. The lowest BCUT2D eigenvalue weighted by Crippen LogP contribution is -2.44. The van der Waals surface area contributed by atoms with E-state index in [9.17, 15) is 10.0 Å². The number of carbonyl (C=O) groups is 1. The van der Waals surface area contributed by atoms with E-state index in [2.05, 4.69) is 0 Å². The number of alkyl halides is 1. The Morgan fingerprint density at radius 2 is 2.29 bits per heavy atom. The number of hydrogen-bond donors (Lipinski definition) is 0. The van der Waals surface area contributed by atoms with Crippen molar-refractivity contribution in [1.29, 1.82) is 0 Å². The van der Waals surface area contributed by atoms with Crippen LogP contribution in [0, 0.1) is 5.21 Å². The molecule has 17 heavy (non-hydrogen) atoms. The van der Waals surface area contributed by atoms with Crippen LogP contribution in [0.1, 0.15) is 0 Å². The minimum Gasteiger partial charge on any atom is -0.758 e. The second-order valence-corrected chi connectivity index (χ2v) is 5.23. The lowest BCUT2D eigenvalue weighted by molar-refractivity contribution is -0.882. The number of likely N-dealkylation sites (N-methyl/N-ethyl adjacent to an activating group) is 1. The van der Waals surface area contributed by atoms with E-state index in [1.807, 2.05) is 21.1 Å². The van der Waals surface area contributed by atoms with E-state index in [0.717, 1.165) is 5.06 Å². The van der Waals surface area contributed by atoms with Gasteiger partial charge in [0.2, 0.25) is 0 Å². The first-order valence-electron chi connectivity index (χ1n) is 5.25. The van der Waals surface area contributed by atoms with Gasteiger partial charge in [0, 0.05) is 6.54 Å². The summed E-state index contributed by atoms with van der Waals surface area (Å²) in [7, 11) is 5.75. The lowest BCUT2D eigenvalue weighted by Gasteiger charge is -2.29. The monoisotopic (exact) mass is 260 g/mol. The zero-order valence-corrected chi connectivity index (χ0v) is 11.0. The zero-order chi connectivity index (χ0) is 13.1. The standard InChI is InChI=1S/C11H17ClN2O3/c1-14(2,3)10(12)8-17-11(15)9-4-6-13(16)7-5-9/h4-6,10H,7-8H2,1-3H3. The van der Waals surface area contributed by atoms with Gasteiger partial charge in [-0.25, -0.2) is 4.79 Å². The fourth-order valence-electron chi connectivity index (χ4n) is 1.08. The summed E-state index contributed by atoms with van der Waals surface area (Å²) >= 11 is 6.06. The molecule has 1 aliphatic rings. The second-order valence-electron chi connectivity index (χ2n) is 4.72.